The number of rotatable bonds is 7. The number of benzene rings is 1. The Morgan fingerprint density at radius 1 is 1.20 bits per heavy atom. The fraction of sp³-hybridized carbons (Fsp3) is 0.600. The lowest BCUT2D eigenvalue weighted by Crippen LogP contribution is -2.41. The second-order valence-electron chi connectivity index (χ2n) is 7.25. The van der Waals surface area contributed by atoms with Gasteiger partial charge in [0.25, 0.3) is 0 Å². The summed E-state index contributed by atoms with van der Waals surface area (Å²) in [4.78, 5) is 25.3. The Bertz CT molecular complexity index is 629. The average molecular weight is 344 g/mol. The van der Waals surface area contributed by atoms with E-state index >= 15 is 0 Å². The van der Waals surface area contributed by atoms with Crippen LogP contribution in [-0.2, 0) is 22.4 Å². The van der Waals surface area contributed by atoms with Crippen molar-refractivity contribution in [3.8, 4) is 5.75 Å². The Labute approximate surface area is 149 Å². The van der Waals surface area contributed by atoms with Crippen molar-refractivity contribution in [1.82, 2.24) is 4.90 Å². The molecule has 136 valence electrons. The summed E-state index contributed by atoms with van der Waals surface area (Å²) in [5.74, 6) is 1.01. The van der Waals surface area contributed by atoms with Gasteiger partial charge in [-0.3, -0.25) is 9.59 Å². The number of likely N-dealkylation sites (tertiary alicyclic amines) is 1. The summed E-state index contributed by atoms with van der Waals surface area (Å²) in [6.45, 7) is 2.01. The molecule has 1 aromatic rings. The largest absolute Gasteiger partial charge is 0.494 e. The van der Waals surface area contributed by atoms with Crippen LogP contribution in [0.5, 0.6) is 5.75 Å². The molecule has 1 aliphatic carbocycles. The molecule has 2 aliphatic rings. The SMILES string of the molecule is NC(=O)CC1CCCN(C(=O)CCCOc2ccc3c(c2)CCC3)C1. The molecule has 0 aromatic heterocycles. The van der Waals surface area contributed by atoms with Crippen molar-refractivity contribution < 1.29 is 14.3 Å². The lowest BCUT2D eigenvalue weighted by atomic mass is 9.94. The van der Waals surface area contributed by atoms with Crippen molar-refractivity contribution in [1.29, 1.82) is 0 Å². The highest BCUT2D eigenvalue weighted by molar-refractivity contribution is 5.77. The van der Waals surface area contributed by atoms with Gasteiger partial charge in [0.05, 0.1) is 6.61 Å². The molecule has 0 saturated carbocycles. The van der Waals surface area contributed by atoms with Crippen LogP contribution in [0.2, 0.25) is 0 Å². The van der Waals surface area contributed by atoms with Gasteiger partial charge in [0.2, 0.25) is 11.8 Å². The van der Waals surface area contributed by atoms with E-state index in [1.165, 1.54) is 24.0 Å². The summed E-state index contributed by atoms with van der Waals surface area (Å²) in [6.07, 6.45) is 7.08. The van der Waals surface area contributed by atoms with Gasteiger partial charge in [-0.05, 0) is 67.7 Å². The van der Waals surface area contributed by atoms with E-state index in [2.05, 4.69) is 12.1 Å². The van der Waals surface area contributed by atoms with E-state index in [4.69, 9.17) is 10.5 Å². The number of fused-ring (bicyclic) bond motifs is 1. The number of hydrogen-bond acceptors (Lipinski definition) is 3. The van der Waals surface area contributed by atoms with Gasteiger partial charge in [0, 0.05) is 25.9 Å². The second kappa shape index (κ2) is 8.37. The molecule has 5 heteroatoms. The summed E-state index contributed by atoms with van der Waals surface area (Å²) in [7, 11) is 0. The van der Waals surface area contributed by atoms with Crippen molar-refractivity contribution in [2.75, 3.05) is 19.7 Å². The normalized spacial score (nSPS) is 19.5. The molecule has 0 radical (unpaired) electrons. The Morgan fingerprint density at radius 2 is 2.04 bits per heavy atom. The third-order valence-electron chi connectivity index (χ3n) is 5.24. The van der Waals surface area contributed by atoms with E-state index in [1.54, 1.807) is 0 Å². The minimum atomic E-state index is -0.276. The van der Waals surface area contributed by atoms with Crippen LogP contribution >= 0.6 is 0 Å². The van der Waals surface area contributed by atoms with Gasteiger partial charge in [-0.1, -0.05) is 6.07 Å². The van der Waals surface area contributed by atoms with Crippen LogP contribution in [0.4, 0.5) is 0 Å². The monoisotopic (exact) mass is 344 g/mol. The van der Waals surface area contributed by atoms with Crippen LogP contribution in [-0.4, -0.2) is 36.4 Å². The average Bonchev–Trinajstić information content (AvgIpc) is 3.06. The first-order valence-electron chi connectivity index (χ1n) is 9.42. The van der Waals surface area contributed by atoms with Crippen LogP contribution in [0.25, 0.3) is 0 Å². The molecule has 1 unspecified atom stereocenters. The lowest BCUT2D eigenvalue weighted by Gasteiger charge is -2.32. The molecule has 1 saturated heterocycles. The van der Waals surface area contributed by atoms with Gasteiger partial charge in [-0.2, -0.15) is 0 Å². The minimum Gasteiger partial charge on any atom is -0.494 e. The molecule has 1 fully saturated rings. The first-order chi connectivity index (χ1) is 12.1. The van der Waals surface area contributed by atoms with E-state index < -0.39 is 0 Å². The minimum absolute atomic E-state index is 0.159. The van der Waals surface area contributed by atoms with Crippen LogP contribution < -0.4 is 10.5 Å². The summed E-state index contributed by atoms with van der Waals surface area (Å²) in [5, 5.41) is 0. The molecule has 0 bridgehead atoms. The third kappa shape index (κ3) is 4.97. The van der Waals surface area contributed by atoms with Gasteiger partial charge in [-0.25, -0.2) is 0 Å². The maximum absolute atomic E-state index is 12.3. The van der Waals surface area contributed by atoms with Crippen molar-refractivity contribution in [2.24, 2.45) is 11.7 Å². The van der Waals surface area contributed by atoms with E-state index in [-0.39, 0.29) is 17.7 Å². The maximum atomic E-state index is 12.3. The highest BCUT2D eigenvalue weighted by Crippen LogP contribution is 2.26. The molecule has 1 atom stereocenters. The van der Waals surface area contributed by atoms with Crippen LogP contribution in [0, 0.1) is 5.92 Å². The van der Waals surface area contributed by atoms with Crippen molar-refractivity contribution in [3.05, 3.63) is 29.3 Å². The zero-order valence-electron chi connectivity index (χ0n) is 14.8. The predicted octanol–water partition coefficient (Wildman–Crippen LogP) is 2.45. The van der Waals surface area contributed by atoms with Crippen molar-refractivity contribution in [2.45, 2.75) is 51.4 Å². The zero-order chi connectivity index (χ0) is 17.6. The molecule has 0 spiro atoms. The predicted molar refractivity (Wildman–Crippen MR) is 96.3 cm³/mol. The molecule has 5 nitrogen and oxygen atoms in total. The summed E-state index contributed by atoms with van der Waals surface area (Å²) < 4.78 is 5.81. The van der Waals surface area contributed by atoms with E-state index in [0.717, 1.165) is 31.6 Å². The van der Waals surface area contributed by atoms with E-state index in [0.29, 0.717) is 32.4 Å². The number of amides is 2. The number of hydrogen-bond donors (Lipinski definition) is 1. The van der Waals surface area contributed by atoms with Crippen molar-refractivity contribution >= 4 is 11.8 Å². The van der Waals surface area contributed by atoms with Gasteiger partial charge < -0.3 is 15.4 Å². The molecular formula is C20H28N2O3. The fourth-order valence-corrected chi connectivity index (χ4v) is 3.95. The Hall–Kier alpha value is -2.04. The zero-order valence-corrected chi connectivity index (χ0v) is 14.8. The van der Waals surface area contributed by atoms with Crippen LogP contribution in [0.3, 0.4) is 0 Å². The number of ether oxygens (including phenoxy) is 1. The highest BCUT2D eigenvalue weighted by atomic mass is 16.5. The first kappa shape index (κ1) is 17.8. The molecular weight excluding hydrogens is 316 g/mol. The van der Waals surface area contributed by atoms with Gasteiger partial charge in [0.1, 0.15) is 5.75 Å². The molecule has 1 heterocycles. The number of carbonyl (C=O) groups is 2. The number of nitrogens with zero attached hydrogens (tertiary/aromatic N) is 1. The van der Waals surface area contributed by atoms with Gasteiger partial charge in [0.15, 0.2) is 0 Å². The quantitative estimate of drug-likeness (QED) is 0.772. The van der Waals surface area contributed by atoms with Crippen molar-refractivity contribution in [3.63, 3.8) is 0 Å². The molecule has 1 aromatic carbocycles. The standard InChI is InChI=1S/C20H28N2O3/c21-19(23)12-15-4-2-10-22(14-15)20(24)7-3-11-25-18-9-8-16-5-1-6-17(16)13-18/h8-9,13,15H,1-7,10-12,14H2,(H2,21,23). The topological polar surface area (TPSA) is 72.6 Å². The number of nitrogens with two attached hydrogens (primary N) is 1. The Kier molecular flexibility index (Phi) is 5.95. The highest BCUT2D eigenvalue weighted by Gasteiger charge is 2.24. The Morgan fingerprint density at radius 3 is 2.88 bits per heavy atom. The number of primary amides is 1. The summed E-state index contributed by atoms with van der Waals surface area (Å²) in [5.41, 5.74) is 8.12. The molecule has 2 amide bonds. The molecule has 1 aliphatic heterocycles. The number of carbonyl (C=O) groups excluding carboxylic acids is 2. The first-order valence-corrected chi connectivity index (χ1v) is 9.42. The second-order valence-corrected chi connectivity index (χ2v) is 7.25. The molecule has 25 heavy (non-hydrogen) atoms. The Balaban J connectivity index is 1.38. The number of aryl methyl sites for hydroxylation is 2. The third-order valence-corrected chi connectivity index (χ3v) is 5.24. The summed E-state index contributed by atoms with van der Waals surface area (Å²) in [6, 6.07) is 6.34. The van der Waals surface area contributed by atoms with Crippen LogP contribution in [0.15, 0.2) is 18.2 Å². The van der Waals surface area contributed by atoms with E-state index in [9.17, 15) is 9.59 Å². The maximum Gasteiger partial charge on any atom is 0.222 e. The lowest BCUT2D eigenvalue weighted by molar-refractivity contribution is -0.134. The fourth-order valence-electron chi connectivity index (χ4n) is 3.95. The summed E-state index contributed by atoms with van der Waals surface area (Å²) >= 11 is 0. The smallest absolute Gasteiger partial charge is 0.222 e. The van der Waals surface area contributed by atoms with E-state index in [1.807, 2.05) is 11.0 Å². The van der Waals surface area contributed by atoms with Gasteiger partial charge >= 0.3 is 0 Å². The molecule has 2 N–H and O–H groups in total. The van der Waals surface area contributed by atoms with Crippen LogP contribution in [0.1, 0.15) is 49.7 Å². The molecule has 3 rings (SSSR count). The van der Waals surface area contributed by atoms with Gasteiger partial charge in [-0.15, -0.1) is 0 Å². The number of piperidine rings is 1.